The van der Waals surface area contributed by atoms with E-state index in [1.807, 2.05) is 24.3 Å². The van der Waals surface area contributed by atoms with Crippen LogP contribution in [0.15, 0.2) is 33.7 Å². The van der Waals surface area contributed by atoms with Crippen LogP contribution in [-0.2, 0) is 14.8 Å². The molecular weight excluding hydrogens is 380 g/mol. The van der Waals surface area contributed by atoms with E-state index in [1.54, 1.807) is 0 Å². The molecule has 2 heterocycles. The van der Waals surface area contributed by atoms with Crippen LogP contribution in [-0.4, -0.2) is 39.1 Å². The topological polar surface area (TPSA) is 105 Å². The summed E-state index contributed by atoms with van der Waals surface area (Å²) in [6.45, 7) is 4.78. The lowest BCUT2D eigenvalue weighted by Gasteiger charge is -2.22. The number of anilines is 2. The number of hydrogen-bond acceptors (Lipinski definition) is 6. The van der Waals surface area contributed by atoms with Crippen LogP contribution in [0.5, 0.6) is 0 Å². The van der Waals surface area contributed by atoms with Gasteiger partial charge in [0.15, 0.2) is 5.76 Å². The Morgan fingerprint density at radius 1 is 1.11 bits per heavy atom. The van der Waals surface area contributed by atoms with E-state index >= 15 is 0 Å². The van der Waals surface area contributed by atoms with E-state index in [2.05, 4.69) is 20.1 Å². The summed E-state index contributed by atoms with van der Waals surface area (Å²) in [7, 11) is -3.86. The maximum Gasteiger partial charge on any atom is 0.246 e. The standard InChI is InChI=1S/C19H26N4O4S/c1-14-19(15(2)27-22-14)28(25,26)20-13-18(24)21-16-7-9-17(10-8-16)23-11-5-3-4-6-12-23/h7-10,20H,3-6,11-13H2,1-2H3,(H,21,24). The van der Waals surface area contributed by atoms with Gasteiger partial charge in [0.2, 0.25) is 15.9 Å². The van der Waals surface area contributed by atoms with Gasteiger partial charge in [-0.25, -0.2) is 13.1 Å². The van der Waals surface area contributed by atoms with Gasteiger partial charge in [-0.3, -0.25) is 4.79 Å². The summed E-state index contributed by atoms with van der Waals surface area (Å²) in [5, 5.41) is 6.34. The molecule has 152 valence electrons. The Morgan fingerprint density at radius 3 is 2.32 bits per heavy atom. The quantitative estimate of drug-likeness (QED) is 0.764. The third kappa shape index (κ3) is 4.90. The van der Waals surface area contributed by atoms with Crippen molar-refractivity contribution in [3.8, 4) is 0 Å². The predicted octanol–water partition coefficient (Wildman–Crippen LogP) is 2.59. The van der Waals surface area contributed by atoms with Gasteiger partial charge in [-0.15, -0.1) is 0 Å². The fourth-order valence-electron chi connectivity index (χ4n) is 3.38. The van der Waals surface area contributed by atoms with Crippen LogP contribution in [0.1, 0.15) is 37.1 Å². The highest BCUT2D eigenvalue weighted by Crippen LogP contribution is 2.22. The minimum absolute atomic E-state index is 0.0258. The van der Waals surface area contributed by atoms with Gasteiger partial charge in [0.05, 0.1) is 6.54 Å². The number of aryl methyl sites for hydroxylation is 2. The molecule has 1 aliphatic rings. The number of amides is 1. The van der Waals surface area contributed by atoms with Crippen molar-refractivity contribution < 1.29 is 17.7 Å². The summed E-state index contributed by atoms with van der Waals surface area (Å²) in [5.74, 6) is -0.257. The number of benzene rings is 1. The second-order valence-corrected chi connectivity index (χ2v) is 8.68. The summed E-state index contributed by atoms with van der Waals surface area (Å²) >= 11 is 0. The molecule has 1 amide bonds. The van der Waals surface area contributed by atoms with Crippen LogP contribution in [0, 0.1) is 13.8 Å². The first kappa shape index (κ1) is 20.3. The first-order chi connectivity index (χ1) is 13.4. The second kappa shape index (κ2) is 8.74. The van der Waals surface area contributed by atoms with E-state index in [0.29, 0.717) is 5.69 Å². The Hall–Kier alpha value is -2.39. The highest BCUT2D eigenvalue weighted by molar-refractivity contribution is 7.89. The van der Waals surface area contributed by atoms with Crippen molar-refractivity contribution in [2.75, 3.05) is 29.9 Å². The number of carbonyl (C=O) groups excluding carboxylic acids is 1. The minimum Gasteiger partial charge on any atom is -0.372 e. The minimum atomic E-state index is -3.86. The van der Waals surface area contributed by atoms with Crippen molar-refractivity contribution in [1.29, 1.82) is 0 Å². The molecule has 8 nitrogen and oxygen atoms in total. The Kier molecular flexibility index (Phi) is 6.35. The third-order valence-electron chi connectivity index (χ3n) is 4.78. The second-order valence-electron chi connectivity index (χ2n) is 6.97. The van der Waals surface area contributed by atoms with E-state index in [1.165, 1.54) is 39.5 Å². The van der Waals surface area contributed by atoms with Crippen LogP contribution >= 0.6 is 0 Å². The van der Waals surface area contributed by atoms with Crippen LogP contribution in [0.25, 0.3) is 0 Å². The van der Waals surface area contributed by atoms with Gasteiger partial charge in [0.1, 0.15) is 10.6 Å². The van der Waals surface area contributed by atoms with Crippen molar-refractivity contribution in [2.24, 2.45) is 0 Å². The molecule has 9 heteroatoms. The smallest absolute Gasteiger partial charge is 0.246 e. The molecular formula is C19H26N4O4S. The molecule has 1 saturated heterocycles. The van der Waals surface area contributed by atoms with Gasteiger partial charge in [-0.05, 0) is 51.0 Å². The Labute approximate surface area is 165 Å². The van der Waals surface area contributed by atoms with Crippen molar-refractivity contribution >= 4 is 27.3 Å². The first-order valence-corrected chi connectivity index (χ1v) is 10.9. The normalized spacial score (nSPS) is 15.3. The fraction of sp³-hybridized carbons (Fsp3) is 0.474. The van der Waals surface area contributed by atoms with Gasteiger partial charge in [-0.2, -0.15) is 0 Å². The molecule has 3 rings (SSSR count). The molecule has 0 spiro atoms. The van der Waals surface area contributed by atoms with Crippen molar-refractivity contribution in [1.82, 2.24) is 9.88 Å². The van der Waals surface area contributed by atoms with Crippen molar-refractivity contribution in [2.45, 2.75) is 44.4 Å². The molecule has 1 aromatic heterocycles. The molecule has 0 radical (unpaired) electrons. The lowest BCUT2D eigenvalue weighted by molar-refractivity contribution is -0.115. The lowest BCUT2D eigenvalue weighted by Crippen LogP contribution is -2.33. The maximum atomic E-state index is 12.3. The Balaban J connectivity index is 1.56. The lowest BCUT2D eigenvalue weighted by atomic mass is 10.2. The van der Waals surface area contributed by atoms with Gasteiger partial charge < -0.3 is 14.7 Å². The van der Waals surface area contributed by atoms with E-state index in [4.69, 9.17) is 4.52 Å². The SMILES string of the molecule is Cc1noc(C)c1S(=O)(=O)NCC(=O)Nc1ccc(N2CCCCCC2)cc1. The van der Waals surface area contributed by atoms with Crippen LogP contribution in [0.2, 0.25) is 0 Å². The molecule has 28 heavy (non-hydrogen) atoms. The molecule has 0 saturated carbocycles. The highest BCUT2D eigenvalue weighted by atomic mass is 32.2. The molecule has 0 atom stereocenters. The van der Waals surface area contributed by atoms with E-state index in [-0.39, 0.29) is 22.9 Å². The summed E-state index contributed by atoms with van der Waals surface area (Å²) in [4.78, 5) is 14.5. The number of nitrogens with zero attached hydrogens (tertiary/aromatic N) is 2. The van der Waals surface area contributed by atoms with Gasteiger partial charge in [0, 0.05) is 24.5 Å². The zero-order valence-corrected chi connectivity index (χ0v) is 17.0. The Bertz CT molecular complexity index is 894. The van der Waals surface area contributed by atoms with Crippen LogP contribution in [0.4, 0.5) is 11.4 Å². The van der Waals surface area contributed by atoms with Crippen molar-refractivity contribution in [3.05, 3.63) is 35.7 Å². The van der Waals surface area contributed by atoms with Gasteiger partial charge >= 0.3 is 0 Å². The zero-order chi connectivity index (χ0) is 20.1. The number of carbonyl (C=O) groups is 1. The third-order valence-corrected chi connectivity index (χ3v) is 6.43. The van der Waals surface area contributed by atoms with Gasteiger partial charge in [-0.1, -0.05) is 18.0 Å². The number of aromatic nitrogens is 1. The highest BCUT2D eigenvalue weighted by Gasteiger charge is 2.24. The number of hydrogen-bond donors (Lipinski definition) is 2. The first-order valence-electron chi connectivity index (χ1n) is 9.44. The fourth-order valence-corrected chi connectivity index (χ4v) is 4.69. The van der Waals surface area contributed by atoms with E-state index in [9.17, 15) is 13.2 Å². The molecule has 0 aliphatic carbocycles. The predicted molar refractivity (Wildman–Crippen MR) is 107 cm³/mol. The summed E-state index contributed by atoms with van der Waals surface area (Å²) in [6, 6.07) is 7.63. The van der Waals surface area contributed by atoms with E-state index in [0.717, 1.165) is 18.8 Å². The molecule has 1 aliphatic heterocycles. The summed E-state index contributed by atoms with van der Waals surface area (Å²) in [5.41, 5.74) is 2.02. The maximum absolute atomic E-state index is 12.3. The van der Waals surface area contributed by atoms with Gasteiger partial charge in [0.25, 0.3) is 0 Å². The number of rotatable bonds is 6. The molecule has 1 aromatic carbocycles. The van der Waals surface area contributed by atoms with E-state index < -0.39 is 15.9 Å². The average molecular weight is 407 g/mol. The summed E-state index contributed by atoms with van der Waals surface area (Å²) < 4.78 is 31.9. The number of nitrogens with one attached hydrogen (secondary N) is 2. The average Bonchev–Trinajstić information content (AvgIpc) is 2.87. The Morgan fingerprint density at radius 2 is 1.75 bits per heavy atom. The monoisotopic (exact) mass is 406 g/mol. The largest absolute Gasteiger partial charge is 0.372 e. The molecule has 2 aromatic rings. The molecule has 1 fully saturated rings. The molecule has 0 unspecified atom stereocenters. The number of sulfonamides is 1. The van der Waals surface area contributed by atoms with Crippen LogP contribution in [0.3, 0.4) is 0 Å². The molecule has 2 N–H and O–H groups in total. The van der Waals surface area contributed by atoms with Crippen LogP contribution < -0.4 is 14.9 Å². The molecule has 0 bridgehead atoms. The zero-order valence-electron chi connectivity index (χ0n) is 16.2. The van der Waals surface area contributed by atoms with Crippen molar-refractivity contribution in [3.63, 3.8) is 0 Å². The summed E-state index contributed by atoms with van der Waals surface area (Å²) in [6.07, 6.45) is 4.94.